The minimum Gasteiger partial charge on any atom is -0.459 e. The van der Waals surface area contributed by atoms with Crippen LogP contribution in [0.1, 0.15) is 43.5 Å². The molecule has 3 unspecified atom stereocenters. The van der Waals surface area contributed by atoms with Gasteiger partial charge in [-0.3, -0.25) is 9.59 Å². The molecule has 1 fully saturated rings. The van der Waals surface area contributed by atoms with Gasteiger partial charge in [0.15, 0.2) is 5.82 Å². The topological polar surface area (TPSA) is 115 Å². The maximum atomic E-state index is 12.4. The number of carbonyl (C=O) groups excluding carboxylic acids is 2. The maximum Gasteiger partial charge on any atom is 0.310 e. The van der Waals surface area contributed by atoms with Crippen molar-refractivity contribution >= 4 is 23.2 Å². The number of rotatable bonds is 8. The fourth-order valence-corrected chi connectivity index (χ4v) is 3.88. The molecule has 0 saturated carbocycles. The summed E-state index contributed by atoms with van der Waals surface area (Å²) < 4.78 is 13.3. The predicted octanol–water partition coefficient (Wildman–Crippen LogP) is 2.44. The van der Waals surface area contributed by atoms with Gasteiger partial charge in [-0.1, -0.05) is 37.3 Å². The Morgan fingerprint density at radius 2 is 2.06 bits per heavy atom. The molecule has 9 nitrogen and oxygen atoms in total. The van der Waals surface area contributed by atoms with Gasteiger partial charge in [0.2, 0.25) is 5.91 Å². The lowest BCUT2D eigenvalue weighted by Gasteiger charge is -2.16. The van der Waals surface area contributed by atoms with Gasteiger partial charge in [0.1, 0.15) is 30.2 Å². The van der Waals surface area contributed by atoms with E-state index in [4.69, 9.17) is 9.47 Å². The summed E-state index contributed by atoms with van der Waals surface area (Å²) in [7, 11) is 0. The highest BCUT2D eigenvalue weighted by molar-refractivity contribution is 5.93. The normalized spacial score (nSPS) is 20.4. The van der Waals surface area contributed by atoms with E-state index in [-0.39, 0.29) is 24.9 Å². The summed E-state index contributed by atoms with van der Waals surface area (Å²) in [5.74, 6) is -0.0573. The van der Waals surface area contributed by atoms with Crippen molar-refractivity contribution in [3.05, 3.63) is 60.0 Å². The van der Waals surface area contributed by atoms with E-state index in [1.54, 1.807) is 4.52 Å². The average Bonchev–Trinajstić information content (AvgIpc) is 3.39. The first-order valence-corrected chi connectivity index (χ1v) is 10.7. The van der Waals surface area contributed by atoms with Gasteiger partial charge < -0.3 is 19.9 Å². The number of aliphatic hydroxyl groups excluding tert-OH is 1. The third-order valence-electron chi connectivity index (χ3n) is 5.40. The number of esters is 1. The van der Waals surface area contributed by atoms with E-state index >= 15 is 0 Å². The molecule has 1 aromatic carbocycles. The van der Waals surface area contributed by atoms with Gasteiger partial charge in [-0.15, -0.1) is 0 Å². The molecule has 1 aliphatic rings. The van der Waals surface area contributed by atoms with Crippen molar-refractivity contribution < 1.29 is 24.2 Å². The van der Waals surface area contributed by atoms with Crippen molar-refractivity contribution in [2.75, 3.05) is 11.9 Å². The summed E-state index contributed by atoms with van der Waals surface area (Å²) in [6.45, 7) is 1.67. The molecule has 0 radical (unpaired) electrons. The molecule has 1 aliphatic heterocycles. The number of aliphatic hydroxyl groups is 1. The Hall–Kier alpha value is -3.30. The molecule has 3 heterocycles. The summed E-state index contributed by atoms with van der Waals surface area (Å²) >= 11 is 0. The summed E-state index contributed by atoms with van der Waals surface area (Å²) in [5.41, 5.74) is 2.23. The van der Waals surface area contributed by atoms with E-state index in [0.29, 0.717) is 24.2 Å². The second kappa shape index (κ2) is 9.88. The number of ether oxygens (including phenoxy) is 2. The summed E-state index contributed by atoms with van der Waals surface area (Å²) in [4.78, 5) is 28.6. The Balaban J connectivity index is 1.48. The molecule has 168 valence electrons. The van der Waals surface area contributed by atoms with Gasteiger partial charge >= 0.3 is 5.97 Å². The molecule has 32 heavy (non-hydrogen) atoms. The van der Waals surface area contributed by atoms with Crippen LogP contribution >= 0.6 is 0 Å². The van der Waals surface area contributed by atoms with Gasteiger partial charge in [0.05, 0.1) is 18.7 Å². The molecule has 4 rings (SSSR count). The summed E-state index contributed by atoms with van der Waals surface area (Å²) in [5, 5.41) is 16.9. The highest BCUT2D eigenvalue weighted by Gasteiger charge is 2.39. The largest absolute Gasteiger partial charge is 0.459 e. The number of nitrogens with zero attached hydrogens (tertiary/aromatic N) is 3. The Labute approximate surface area is 185 Å². The van der Waals surface area contributed by atoms with Crippen LogP contribution < -0.4 is 5.32 Å². The first-order chi connectivity index (χ1) is 15.6. The van der Waals surface area contributed by atoms with E-state index in [2.05, 4.69) is 15.4 Å². The van der Waals surface area contributed by atoms with Crippen LogP contribution in [0.15, 0.2) is 48.8 Å². The van der Waals surface area contributed by atoms with Gasteiger partial charge in [-0.25, -0.2) is 9.50 Å². The summed E-state index contributed by atoms with van der Waals surface area (Å²) in [6, 6.07) is 13.0. The molecule has 2 aromatic heterocycles. The van der Waals surface area contributed by atoms with Gasteiger partial charge in [0, 0.05) is 12.8 Å². The third kappa shape index (κ3) is 4.79. The molecule has 9 heteroatoms. The number of hydrogen-bond acceptors (Lipinski definition) is 7. The highest BCUT2D eigenvalue weighted by Crippen LogP contribution is 2.36. The van der Waals surface area contributed by atoms with Crippen LogP contribution in [0.2, 0.25) is 0 Å². The van der Waals surface area contributed by atoms with Gasteiger partial charge in [0.25, 0.3) is 0 Å². The quantitative estimate of drug-likeness (QED) is 0.519. The fraction of sp³-hybridized carbons (Fsp3) is 0.391. The zero-order valence-electron chi connectivity index (χ0n) is 17.8. The molecular formula is C23H26N4O5. The molecule has 1 amide bonds. The van der Waals surface area contributed by atoms with Crippen LogP contribution in [-0.4, -0.2) is 50.4 Å². The van der Waals surface area contributed by atoms with Gasteiger partial charge in [-0.2, -0.15) is 5.10 Å². The van der Waals surface area contributed by atoms with Crippen LogP contribution in [0, 0.1) is 0 Å². The number of aromatic nitrogens is 3. The molecule has 1 saturated heterocycles. The fourth-order valence-electron chi connectivity index (χ4n) is 3.88. The number of carbonyl (C=O) groups is 2. The van der Waals surface area contributed by atoms with Crippen molar-refractivity contribution in [2.45, 2.75) is 50.9 Å². The Bertz CT molecular complexity index is 1080. The second-order valence-corrected chi connectivity index (χ2v) is 7.73. The molecule has 3 atom stereocenters. The first kappa shape index (κ1) is 21.9. The number of fused-ring (bicyclic) bond motifs is 1. The zero-order valence-corrected chi connectivity index (χ0v) is 17.8. The standard InChI is InChI=1S/C23H26N4O5/c1-2-6-21(29)26-23-17-10-9-16(27(17)25-14-24-23)18-12-19(20(13-28)31-18)32-22(30)11-15-7-4-3-5-8-15/h3-5,7-10,14,18-20,28H,2,6,11-13H2,1H3,(H,24,25,26,29). The van der Waals surface area contributed by atoms with Crippen molar-refractivity contribution in [3.63, 3.8) is 0 Å². The number of nitrogens with one attached hydrogen (secondary N) is 1. The van der Waals surface area contributed by atoms with Crippen molar-refractivity contribution in [3.8, 4) is 0 Å². The average molecular weight is 438 g/mol. The van der Waals surface area contributed by atoms with Crippen molar-refractivity contribution in [1.29, 1.82) is 0 Å². The second-order valence-electron chi connectivity index (χ2n) is 7.73. The minimum absolute atomic E-state index is 0.112. The van der Waals surface area contributed by atoms with Crippen LogP contribution in [0.25, 0.3) is 5.52 Å². The van der Waals surface area contributed by atoms with E-state index in [1.807, 2.05) is 49.4 Å². The molecule has 0 bridgehead atoms. The van der Waals surface area contributed by atoms with Crippen LogP contribution in [0.3, 0.4) is 0 Å². The Morgan fingerprint density at radius 3 is 2.81 bits per heavy atom. The number of benzene rings is 1. The molecule has 0 aliphatic carbocycles. The SMILES string of the molecule is CCCC(=O)Nc1ncnn2c(C3CC(OC(=O)Cc4ccccc4)C(CO)O3)ccc12. The van der Waals surface area contributed by atoms with Crippen LogP contribution in [0.4, 0.5) is 5.82 Å². The molecule has 2 N–H and O–H groups in total. The first-order valence-electron chi connectivity index (χ1n) is 10.7. The molecule has 3 aromatic rings. The Kier molecular flexibility index (Phi) is 6.77. The van der Waals surface area contributed by atoms with E-state index in [1.165, 1.54) is 6.33 Å². The zero-order chi connectivity index (χ0) is 22.5. The smallest absolute Gasteiger partial charge is 0.310 e. The summed E-state index contributed by atoms with van der Waals surface area (Å²) in [6.07, 6.45) is 1.42. The van der Waals surface area contributed by atoms with Crippen LogP contribution in [-0.2, 0) is 25.5 Å². The number of anilines is 1. The maximum absolute atomic E-state index is 12.4. The number of amides is 1. The molecular weight excluding hydrogens is 412 g/mol. The lowest BCUT2D eigenvalue weighted by atomic mass is 10.1. The lowest BCUT2D eigenvalue weighted by molar-refractivity contribution is -0.152. The van der Waals surface area contributed by atoms with E-state index in [0.717, 1.165) is 17.7 Å². The monoisotopic (exact) mass is 438 g/mol. The third-order valence-corrected chi connectivity index (χ3v) is 5.40. The van der Waals surface area contributed by atoms with Gasteiger partial charge in [-0.05, 0) is 24.1 Å². The van der Waals surface area contributed by atoms with E-state index in [9.17, 15) is 14.7 Å². The van der Waals surface area contributed by atoms with Crippen LogP contribution in [0.5, 0.6) is 0 Å². The lowest BCUT2D eigenvalue weighted by Crippen LogP contribution is -2.30. The number of hydrogen-bond donors (Lipinski definition) is 2. The predicted molar refractivity (Wildman–Crippen MR) is 116 cm³/mol. The molecule has 0 spiro atoms. The van der Waals surface area contributed by atoms with E-state index < -0.39 is 18.3 Å². The van der Waals surface area contributed by atoms with Crippen molar-refractivity contribution in [2.24, 2.45) is 0 Å². The minimum atomic E-state index is -0.629. The highest BCUT2D eigenvalue weighted by atomic mass is 16.6. The Morgan fingerprint density at radius 1 is 1.25 bits per heavy atom. The van der Waals surface area contributed by atoms with Crippen molar-refractivity contribution in [1.82, 2.24) is 14.6 Å².